The average molecular weight is 311 g/mol. The predicted octanol–water partition coefficient (Wildman–Crippen LogP) is 1.73. The van der Waals surface area contributed by atoms with Gasteiger partial charge in [0, 0.05) is 13.0 Å². The molecule has 0 spiro atoms. The van der Waals surface area contributed by atoms with Gasteiger partial charge in [0.25, 0.3) is 0 Å². The molecule has 6 heteroatoms. The first-order valence-corrected chi connectivity index (χ1v) is 7.24. The van der Waals surface area contributed by atoms with Crippen LogP contribution in [-0.2, 0) is 20.6 Å². The second kappa shape index (κ2) is 10.3. The van der Waals surface area contributed by atoms with E-state index in [0.717, 1.165) is 5.56 Å². The molecule has 0 amide bonds. The van der Waals surface area contributed by atoms with Gasteiger partial charge in [-0.15, -0.1) is 0 Å². The van der Waals surface area contributed by atoms with E-state index in [0.29, 0.717) is 43.4 Å². The zero-order chi connectivity index (χ0) is 15.5. The van der Waals surface area contributed by atoms with Crippen LogP contribution in [0.3, 0.4) is 0 Å². The average Bonchev–Trinajstić information content (AvgIpc) is 2.45. The lowest BCUT2D eigenvalue weighted by molar-refractivity contribution is 0.0164. The zero-order valence-corrected chi connectivity index (χ0v) is 13.0. The van der Waals surface area contributed by atoms with E-state index in [2.05, 4.69) is 0 Å². The largest absolute Gasteiger partial charge is 0.460 e. The highest BCUT2D eigenvalue weighted by atomic mass is 32.1. The number of thiocarbonyl (C=S) groups is 1. The van der Waals surface area contributed by atoms with Crippen molar-refractivity contribution in [1.29, 1.82) is 0 Å². The molecule has 0 aliphatic carbocycles. The fourth-order valence-corrected chi connectivity index (χ4v) is 1.82. The topological polar surface area (TPSA) is 70.8 Å². The van der Waals surface area contributed by atoms with Crippen LogP contribution in [0.5, 0.6) is 0 Å². The van der Waals surface area contributed by atoms with Crippen LogP contribution < -0.4 is 5.73 Å². The van der Waals surface area contributed by atoms with Crippen LogP contribution in [0.1, 0.15) is 22.8 Å². The molecule has 1 aromatic carbocycles. The molecular formula is C15H21NO4S. The van der Waals surface area contributed by atoms with Gasteiger partial charge in [-0.1, -0.05) is 24.4 Å². The molecule has 21 heavy (non-hydrogen) atoms. The Hall–Kier alpha value is -1.50. The number of nitrogens with two attached hydrogens (primary N) is 1. The summed E-state index contributed by atoms with van der Waals surface area (Å²) in [6, 6.07) is 7.08. The second-order valence-electron chi connectivity index (χ2n) is 4.29. The van der Waals surface area contributed by atoms with Gasteiger partial charge < -0.3 is 19.9 Å². The predicted molar refractivity (Wildman–Crippen MR) is 84.5 cm³/mol. The van der Waals surface area contributed by atoms with Crippen molar-refractivity contribution in [3.8, 4) is 0 Å². The van der Waals surface area contributed by atoms with Crippen LogP contribution in [0.2, 0.25) is 0 Å². The van der Waals surface area contributed by atoms with E-state index in [1.807, 2.05) is 13.0 Å². The van der Waals surface area contributed by atoms with Crippen LogP contribution in [0.15, 0.2) is 24.3 Å². The van der Waals surface area contributed by atoms with Crippen LogP contribution in [0.25, 0.3) is 0 Å². The van der Waals surface area contributed by atoms with Crippen LogP contribution >= 0.6 is 12.2 Å². The molecule has 0 heterocycles. The summed E-state index contributed by atoms with van der Waals surface area (Å²) in [7, 11) is 0. The number of esters is 1. The standard InChI is InChI=1S/C15H21NO4S/c1-2-18-6-7-19-8-9-20-15(17)13-5-3-4-12(10-13)11-14(16)21/h3-5,10H,2,6-9,11H2,1H3,(H2,16,21). The molecule has 2 N–H and O–H groups in total. The minimum atomic E-state index is -0.381. The van der Waals surface area contributed by atoms with Crippen LogP contribution in [-0.4, -0.2) is 44.0 Å². The quantitative estimate of drug-likeness (QED) is 0.403. The summed E-state index contributed by atoms with van der Waals surface area (Å²) in [6.45, 7) is 4.20. The molecule has 1 rings (SSSR count). The second-order valence-corrected chi connectivity index (χ2v) is 4.81. The Morgan fingerprint density at radius 1 is 1.19 bits per heavy atom. The number of carbonyl (C=O) groups is 1. The lowest BCUT2D eigenvalue weighted by Crippen LogP contribution is -2.14. The van der Waals surface area contributed by atoms with Crippen molar-refractivity contribution in [1.82, 2.24) is 0 Å². The van der Waals surface area contributed by atoms with E-state index in [9.17, 15) is 4.79 Å². The lowest BCUT2D eigenvalue weighted by Gasteiger charge is -2.07. The van der Waals surface area contributed by atoms with E-state index >= 15 is 0 Å². The highest BCUT2D eigenvalue weighted by molar-refractivity contribution is 7.80. The van der Waals surface area contributed by atoms with Crippen LogP contribution in [0, 0.1) is 0 Å². The van der Waals surface area contributed by atoms with Crippen molar-refractivity contribution in [3.63, 3.8) is 0 Å². The maximum Gasteiger partial charge on any atom is 0.338 e. The summed E-state index contributed by atoms with van der Waals surface area (Å²) in [4.78, 5) is 12.2. The van der Waals surface area contributed by atoms with E-state index < -0.39 is 0 Å². The minimum absolute atomic E-state index is 0.213. The first kappa shape index (κ1) is 17.6. The van der Waals surface area contributed by atoms with Gasteiger partial charge in [-0.2, -0.15) is 0 Å². The van der Waals surface area contributed by atoms with E-state index in [1.165, 1.54) is 0 Å². The van der Waals surface area contributed by atoms with Gasteiger partial charge in [-0.05, 0) is 24.6 Å². The number of hydrogen-bond acceptors (Lipinski definition) is 5. The van der Waals surface area contributed by atoms with Gasteiger partial charge in [0.2, 0.25) is 0 Å². The van der Waals surface area contributed by atoms with Gasteiger partial charge in [0.1, 0.15) is 6.61 Å². The Labute approximate surface area is 130 Å². The molecule has 0 radical (unpaired) electrons. The third-order valence-electron chi connectivity index (χ3n) is 2.58. The number of benzene rings is 1. The maximum atomic E-state index is 11.9. The Balaban J connectivity index is 2.30. The van der Waals surface area contributed by atoms with Gasteiger partial charge in [-0.25, -0.2) is 4.79 Å². The number of rotatable bonds is 10. The van der Waals surface area contributed by atoms with E-state index in [1.54, 1.807) is 18.2 Å². The fraction of sp³-hybridized carbons (Fsp3) is 0.467. The first-order valence-electron chi connectivity index (χ1n) is 6.83. The Morgan fingerprint density at radius 3 is 2.62 bits per heavy atom. The molecule has 1 aromatic rings. The van der Waals surface area contributed by atoms with Gasteiger partial charge in [0.05, 0.1) is 30.4 Å². The Morgan fingerprint density at radius 2 is 1.90 bits per heavy atom. The van der Waals surface area contributed by atoms with Crippen LogP contribution in [0.4, 0.5) is 0 Å². The van der Waals surface area contributed by atoms with Gasteiger partial charge in [-0.3, -0.25) is 0 Å². The van der Waals surface area contributed by atoms with E-state index in [-0.39, 0.29) is 12.6 Å². The van der Waals surface area contributed by atoms with E-state index in [4.69, 9.17) is 32.2 Å². The van der Waals surface area contributed by atoms with Crippen molar-refractivity contribution >= 4 is 23.2 Å². The Bertz CT molecular complexity index is 465. The molecule has 0 aliphatic heterocycles. The molecule has 0 saturated heterocycles. The third-order valence-corrected chi connectivity index (χ3v) is 2.72. The molecule has 0 atom stereocenters. The zero-order valence-electron chi connectivity index (χ0n) is 12.2. The summed E-state index contributed by atoms with van der Waals surface area (Å²) >= 11 is 4.85. The number of ether oxygens (including phenoxy) is 3. The summed E-state index contributed by atoms with van der Waals surface area (Å²) in [6.07, 6.45) is 0.469. The highest BCUT2D eigenvalue weighted by Crippen LogP contribution is 2.08. The van der Waals surface area contributed by atoms with Crippen molar-refractivity contribution in [2.24, 2.45) is 5.73 Å². The molecule has 0 aromatic heterocycles. The molecule has 0 bridgehead atoms. The highest BCUT2D eigenvalue weighted by Gasteiger charge is 2.08. The lowest BCUT2D eigenvalue weighted by atomic mass is 10.1. The van der Waals surface area contributed by atoms with Crippen molar-refractivity contribution < 1.29 is 19.0 Å². The van der Waals surface area contributed by atoms with Crippen molar-refractivity contribution in [3.05, 3.63) is 35.4 Å². The minimum Gasteiger partial charge on any atom is -0.460 e. The molecule has 5 nitrogen and oxygen atoms in total. The SMILES string of the molecule is CCOCCOCCOC(=O)c1cccc(CC(N)=S)c1. The number of carbonyl (C=O) groups excluding carboxylic acids is 1. The van der Waals surface area contributed by atoms with Crippen molar-refractivity contribution in [2.45, 2.75) is 13.3 Å². The molecule has 0 saturated carbocycles. The summed E-state index contributed by atoms with van der Waals surface area (Å²) in [5.41, 5.74) is 6.87. The smallest absolute Gasteiger partial charge is 0.338 e. The monoisotopic (exact) mass is 311 g/mol. The molecule has 116 valence electrons. The normalized spacial score (nSPS) is 10.3. The third kappa shape index (κ3) is 7.75. The molecule has 0 unspecified atom stereocenters. The Kier molecular flexibility index (Phi) is 8.57. The molecular weight excluding hydrogens is 290 g/mol. The molecule has 0 fully saturated rings. The summed E-state index contributed by atoms with van der Waals surface area (Å²) in [5.74, 6) is -0.381. The van der Waals surface area contributed by atoms with Crippen molar-refractivity contribution in [2.75, 3.05) is 33.0 Å². The molecule has 0 aliphatic rings. The van der Waals surface area contributed by atoms with Gasteiger partial charge in [0.15, 0.2) is 0 Å². The first-order chi connectivity index (χ1) is 10.1. The fourth-order valence-electron chi connectivity index (χ4n) is 1.65. The summed E-state index contributed by atoms with van der Waals surface area (Å²) in [5, 5.41) is 0. The summed E-state index contributed by atoms with van der Waals surface area (Å²) < 4.78 is 15.5. The maximum absolute atomic E-state index is 11.9. The number of hydrogen-bond donors (Lipinski definition) is 1. The van der Waals surface area contributed by atoms with Gasteiger partial charge >= 0.3 is 5.97 Å².